The summed E-state index contributed by atoms with van der Waals surface area (Å²) in [6, 6.07) is 1.59. The summed E-state index contributed by atoms with van der Waals surface area (Å²) in [6.45, 7) is 20.3. The van der Waals surface area contributed by atoms with E-state index in [2.05, 4.69) is 40.4 Å². The van der Waals surface area contributed by atoms with Gasteiger partial charge in [-0.25, -0.2) is 0 Å². The fourth-order valence-corrected chi connectivity index (χ4v) is 6.12. The first kappa shape index (κ1) is 18.2. The number of piperazine rings is 1. The molecule has 3 aliphatic heterocycles. The van der Waals surface area contributed by atoms with Crippen molar-refractivity contribution in [2.24, 2.45) is 11.3 Å². The van der Waals surface area contributed by atoms with Crippen LogP contribution in [0.4, 0.5) is 0 Å². The van der Waals surface area contributed by atoms with Gasteiger partial charge >= 0.3 is 0 Å². The van der Waals surface area contributed by atoms with Gasteiger partial charge in [0.25, 0.3) is 0 Å². The highest BCUT2D eigenvalue weighted by Gasteiger charge is 2.51. The average molecular weight is 349 g/mol. The molecular weight excluding hydrogens is 308 g/mol. The van der Waals surface area contributed by atoms with Gasteiger partial charge in [-0.2, -0.15) is 0 Å². The average Bonchev–Trinajstić information content (AvgIpc) is 2.56. The van der Waals surface area contributed by atoms with E-state index in [9.17, 15) is 0 Å². The van der Waals surface area contributed by atoms with Crippen LogP contribution in [0.15, 0.2) is 0 Å². The van der Waals surface area contributed by atoms with Crippen molar-refractivity contribution in [2.75, 3.05) is 65.4 Å². The van der Waals surface area contributed by atoms with Gasteiger partial charge < -0.3 is 14.7 Å². The molecule has 0 N–H and O–H groups in total. The van der Waals surface area contributed by atoms with Gasteiger partial charge in [0.15, 0.2) is 0 Å². The Morgan fingerprint density at radius 2 is 1.52 bits per heavy atom. The molecule has 4 aliphatic rings. The number of hydrogen-bond acceptors (Lipinski definition) is 4. The Balaban J connectivity index is 1.13. The van der Waals surface area contributed by atoms with E-state index in [1.165, 1.54) is 91.1 Å². The molecule has 4 fully saturated rings. The van der Waals surface area contributed by atoms with Crippen molar-refractivity contribution in [1.29, 1.82) is 0 Å². The van der Waals surface area contributed by atoms with Crippen LogP contribution in [0, 0.1) is 11.3 Å². The summed E-state index contributed by atoms with van der Waals surface area (Å²) in [6.07, 6.45) is 5.79. The van der Waals surface area contributed by atoms with Crippen molar-refractivity contribution < 1.29 is 0 Å². The smallest absolute Gasteiger partial charge is 0.0121 e. The third-order valence-electron chi connectivity index (χ3n) is 7.68. The summed E-state index contributed by atoms with van der Waals surface area (Å²) in [4.78, 5) is 10.8. The van der Waals surface area contributed by atoms with Crippen molar-refractivity contribution in [3.63, 3.8) is 0 Å². The van der Waals surface area contributed by atoms with Crippen LogP contribution in [0.1, 0.15) is 46.5 Å². The highest BCUT2D eigenvalue weighted by Crippen LogP contribution is 2.51. The minimum Gasteiger partial charge on any atom is -0.302 e. The van der Waals surface area contributed by atoms with Gasteiger partial charge in [-0.3, -0.25) is 4.90 Å². The van der Waals surface area contributed by atoms with Crippen LogP contribution in [0.2, 0.25) is 0 Å². The van der Waals surface area contributed by atoms with Gasteiger partial charge in [-0.05, 0) is 70.5 Å². The molecule has 1 aliphatic carbocycles. The first-order valence-corrected chi connectivity index (χ1v) is 11.0. The van der Waals surface area contributed by atoms with Gasteiger partial charge in [0.05, 0.1) is 0 Å². The molecule has 1 saturated carbocycles. The molecule has 4 heteroatoms. The summed E-state index contributed by atoms with van der Waals surface area (Å²) in [5.74, 6) is 1.000. The third kappa shape index (κ3) is 3.92. The Bertz CT molecular complexity index is 421. The number of likely N-dealkylation sites (tertiary alicyclic amines) is 2. The van der Waals surface area contributed by atoms with E-state index < -0.39 is 0 Å². The topological polar surface area (TPSA) is 13.0 Å². The zero-order valence-corrected chi connectivity index (χ0v) is 16.9. The summed E-state index contributed by atoms with van der Waals surface area (Å²) in [7, 11) is 0. The molecule has 0 bridgehead atoms. The van der Waals surface area contributed by atoms with Gasteiger partial charge in [0, 0.05) is 57.9 Å². The van der Waals surface area contributed by atoms with E-state index in [0.29, 0.717) is 0 Å². The lowest BCUT2D eigenvalue weighted by Crippen LogP contribution is -2.63. The Morgan fingerprint density at radius 1 is 0.880 bits per heavy atom. The molecule has 3 heterocycles. The first-order valence-electron chi connectivity index (χ1n) is 11.0. The Labute approximate surface area is 155 Å². The molecule has 0 radical (unpaired) electrons. The molecule has 1 spiro atoms. The van der Waals surface area contributed by atoms with Gasteiger partial charge in [-0.15, -0.1) is 0 Å². The van der Waals surface area contributed by atoms with Crippen LogP contribution in [0.3, 0.4) is 0 Å². The largest absolute Gasteiger partial charge is 0.302 e. The lowest BCUT2D eigenvalue weighted by atomic mass is 9.57. The molecule has 25 heavy (non-hydrogen) atoms. The summed E-state index contributed by atoms with van der Waals surface area (Å²) < 4.78 is 0. The highest BCUT2D eigenvalue weighted by atomic mass is 15.3. The second kappa shape index (κ2) is 7.46. The number of rotatable bonds is 5. The molecule has 144 valence electrons. The molecular formula is C21H40N4. The van der Waals surface area contributed by atoms with E-state index in [1.54, 1.807) is 0 Å². The summed E-state index contributed by atoms with van der Waals surface area (Å²) in [5, 5.41) is 0. The lowest BCUT2D eigenvalue weighted by Gasteiger charge is -2.60. The van der Waals surface area contributed by atoms with E-state index in [-0.39, 0.29) is 0 Å². The lowest BCUT2D eigenvalue weighted by molar-refractivity contribution is -0.100. The second-order valence-electron chi connectivity index (χ2n) is 9.78. The van der Waals surface area contributed by atoms with Crippen molar-refractivity contribution in [2.45, 2.75) is 58.5 Å². The maximum Gasteiger partial charge on any atom is 0.0121 e. The quantitative estimate of drug-likeness (QED) is 0.755. The third-order valence-corrected chi connectivity index (χ3v) is 7.68. The van der Waals surface area contributed by atoms with Gasteiger partial charge in [-0.1, -0.05) is 6.92 Å². The Kier molecular flexibility index (Phi) is 5.43. The Morgan fingerprint density at radius 3 is 2.08 bits per heavy atom. The van der Waals surface area contributed by atoms with Crippen molar-refractivity contribution in [3.8, 4) is 0 Å². The predicted octanol–water partition coefficient (Wildman–Crippen LogP) is 2.21. The zero-order valence-electron chi connectivity index (χ0n) is 16.9. The van der Waals surface area contributed by atoms with E-state index in [4.69, 9.17) is 0 Å². The highest BCUT2D eigenvalue weighted by molar-refractivity contribution is 5.04. The second-order valence-corrected chi connectivity index (χ2v) is 9.78. The molecule has 4 rings (SSSR count). The van der Waals surface area contributed by atoms with E-state index in [1.807, 2.05) is 0 Å². The SMILES string of the molecule is CCN1CC2(CC(CN3CCN(C4CCN(C(C)C)CC4)CC3)C2)C1. The number of hydrogen-bond donors (Lipinski definition) is 0. The van der Waals surface area contributed by atoms with Crippen LogP contribution >= 0.6 is 0 Å². The van der Waals surface area contributed by atoms with Crippen LogP contribution in [0.25, 0.3) is 0 Å². The molecule has 0 aromatic rings. The number of piperidine rings is 1. The minimum atomic E-state index is 0.726. The zero-order chi connectivity index (χ0) is 17.4. The van der Waals surface area contributed by atoms with Crippen LogP contribution in [0.5, 0.6) is 0 Å². The molecule has 3 saturated heterocycles. The molecule has 0 amide bonds. The molecule has 0 aromatic carbocycles. The van der Waals surface area contributed by atoms with Crippen molar-refractivity contribution in [3.05, 3.63) is 0 Å². The molecule has 0 aromatic heterocycles. The normalized spacial score (nSPS) is 30.7. The van der Waals surface area contributed by atoms with Gasteiger partial charge in [0.2, 0.25) is 0 Å². The molecule has 0 unspecified atom stereocenters. The molecule has 0 atom stereocenters. The van der Waals surface area contributed by atoms with E-state index in [0.717, 1.165) is 23.4 Å². The van der Waals surface area contributed by atoms with Crippen LogP contribution < -0.4 is 0 Å². The minimum absolute atomic E-state index is 0.726. The first-order chi connectivity index (χ1) is 12.1. The van der Waals surface area contributed by atoms with Crippen LogP contribution in [-0.4, -0.2) is 97.1 Å². The standard InChI is InChI=1S/C21H40N4/c1-4-22-16-21(17-22)13-19(14-21)15-23-9-11-25(12-10-23)20-5-7-24(8-6-20)18(2)3/h18-20H,4-17H2,1-3H3. The fraction of sp³-hybridized carbons (Fsp3) is 1.00. The predicted molar refractivity (Wildman–Crippen MR) is 105 cm³/mol. The Hall–Kier alpha value is -0.160. The maximum absolute atomic E-state index is 2.81. The number of nitrogens with zero attached hydrogens (tertiary/aromatic N) is 4. The fourth-order valence-electron chi connectivity index (χ4n) is 6.12. The summed E-state index contributed by atoms with van der Waals surface area (Å²) in [5.41, 5.74) is 0.757. The van der Waals surface area contributed by atoms with Crippen molar-refractivity contribution in [1.82, 2.24) is 19.6 Å². The monoisotopic (exact) mass is 348 g/mol. The molecule has 4 nitrogen and oxygen atoms in total. The van der Waals surface area contributed by atoms with Gasteiger partial charge in [0.1, 0.15) is 0 Å². The maximum atomic E-state index is 2.81. The van der Waals surface area contributed by atoms with Crippen LogP contribution in [-0.2, 0) is 0 Å². The van der Waals surface area contributed by atoms with Crippen molar-refractivity contribution >= 4 is 0 Å². The van der Waals surface area contributed by atoms with E-state index >= 15 is 0 Å². The summed E-state index contributed by atoms with van der Waals surface area (Å²) >= 11 is 0.